The van der Waals surface area contributed by atoms with Crippen LogP contribution in [0.2, 0.25) is 0 Å². The van der Waals surface area contributed by atoms with Crippen molar-refractivity contribution in [3.8, 4) is 0 Å². The van der Waals surface area contributed by atoms with Gasteiger partial charge in [0.15, 0.2) is 0 Å². The van der Waals surface area contributed by atoms with Crippen molar-refractivity contribution < 1.29 is 13.2 Å². The highest BCUT2D eigenvalue weighted by atomic mass is 32.2. The normalized spacial score (nSPS) is 12.2. The molecule has 0 saturated heterocycles. The van der Waals surface area contributed by atoms with Gasteiger partial charge in [-0.1, -0.05) is 24.3 Å². The van der Waals surface area contributed by atoms with Gasteiger partial charge in [-0.25, -0.2) is 13.1 Å². The van der Waals surface area contributed by atoms with Crippen molar-refractivity contribution in [2.75, 3.05) is 12.8 Å². The van der Waals surface area contributed by atoms with Crippen LogP contribution in [-0.2, 0) is 21.2 Å². The molecule has 0 aliphatic carbocycles. The van der Waals surface area contributed by atoms with Gasteiger partial charge in [0.25, 0.3) is 0 Å². The summed E-state index contributed by atoms with van der Waals surface area (Å²) in [7, 11) is -3.25. The van der Waals surface area contributed by atoms with E-state index in [-0.39, 0.29) is 24.4 Å². The molecule has 0 spiro atoms. The molecule has 1 rings (SSSR count). The highest BCUT2D eigenvalue weighted by molar-refractivity contribution is 7.88. The van der Waals surface area contributed by atoms with Crippen molar-refractivity contribution >= 4 is 15.9 Å². The molecule has 21 heavy (non-hydrogen) atoms. The van der Waals surface area contributed by atoms with Crippen molar-refractivity contribution in [1.82, 2.24) is 10.0 Å². The van der Waals surface area contributed by atoms with E-state index in [4.69, 9.17) is 0 Å². The molecule has 5 nitrogen and oxygen atoms in total. The third-order valence-corrected chi connectivity index (χ3v) is 3.82. The van der Waals surface area contributed by atoms with Crippen LogP contribution in [0.3, 0.4) is 0 Å². The topological polar surface area (TPSA) is 75.3 Å². The zero-order chi connectivity index (χ0) is 16.1. The molecule has 118 valence electrons. The molecule has 0 bridgehead atoms. The van der Waals surface area contributed by atoms with Crippen LogP contribution >= 0.6 is 0 Å². The lowest BCUT2D eigenvalue weighted by molar-refractivity contribution is -0.122. The summed E-state index contributed by atoms with van der Waals surface area (Å²) in [5.74, 6) is -0.162. The molecule has 2 N–H and O–H groups in total. The Morgan fingerprint density at radius 1 is 1.24 bits per heavy atom. The van der Waals surface area contributed by atoms with Crippen molar-refractivity contribution in [2.45, 2.75) is 39.2 Å². The molecule has 0 atom stereocenters. The predicted molar refractivity (Wildman–Crippen MR) is 84.6 cm³/mol. The Morgan fingerprint density at radius 2 is 1.86 bits per heavy atom. The second-order valence-electron chi connectivity index (χ2n) is 5.95. The molecule has 0 fully saturated rings. The van der Waals surface area contributed by atoms with E-state index in [0.29, 0.717) is 0 Å². The Kier molecular flexibility index (Phi) is 5.92. The predicted octanol–water partition coefficient (Wildman–Crippen LogP) is 1.37. The fourth-order valence-corrected chi connectivity index (χ4v) is 2.59. The Labute approximate surface area is 127 Å². The molecule has 0 heterocycles. The first kappa shape index (κ1) is 17.7. The average Bonchev–Trinajstić information content (AvgIpc) is 2.29. The molecule has 6 heteroatoms. The lowest BCUT2D eigenvalue weighted by Gasteiger charge is -2.27. The Morgan fingerprint density at radius 3 is 2.43 bits per heavy atom. The van der Waals surface area contributed by atoms with E-state index < -0.39 is 10.0 Å². The molecule has 0 radical (unpaired) electrons. The molecule has 0 aliphatic rings. The van der Waals surface area contributed by atoms with Gasteiger partial charge >= 0.3 is 0 Å². The minimum absolute atomic E-state index is 0.116. The van der Waals surface area contributed by atoms with Gasteiger partial charge < -0.3 is 5.32 Å². The maximum absolute atomic E-state index is 11.9. The average molecular weight is 312 g/mol. The third-order valence-electron chi connectivity index (χ3n) is 3.09. The largest absolute Gasteiger partial charge is 0.351 e. The van der Waals surface area contributed by atoms with Crippen LogP contribution in [0.15, 0.2) is 24.3 Å². The minimum Gasteiger partial charge on any atom is -0.351 e. The van der Waals surface area contributed by atoms with E-state index >= 15 is 0 Å². The van der Waals surface area contributed by atoms with Gasteiger partial charge in [-0.05, 0) is 38.3 Å². The fraction of sp³-hybridized carbons (Fsp3) is 0.533. The van der Waals surface area contributed by atoms with Crippen LogP contribution in [0.25, 0.3) is 0 Å². The zero-order valence-electron chi connectivity index (χ0n) is 13.1. The van der Waals surface area contributed by atoms with Gasteiger partial charge in [-0.2, -0.15) is 0 Å². The van der Waals surface area contributed by atoms with E-state index in [1.54, 1.807) is 0 Å². The maximum atomic E-state index is 11.9. The molecular formula is C15H24N2O3S. The van der Waals surface area contributed by atoms with Crippen LogP contribution < -0.4 is 10.0 Å². The highest BCUT2D eigenvalue weighted by Crippen LogP contribution is 2.16. The van der Waals surface area contributed by atoms with Crippen molar-refractivity contribution in [3.05, 3.63) is 35.4 Å². The van der Waals surface area contributed by atoms with Crippen LogP contribution in [0.4, 0.5) is 0 Å². The molecule has 0 aromatic heterocycles. The number of amides is 1. The maximum Gasteiger partial charge on any atom is 0.221 e. The molecular weight excluding hydrogens is 288 g/mol. The highest BCUT2D eigenvalue weighted by Gasteiger charge is 2.21. The van der Waals surface area contributed by atoms with Crippen molar-refractivity contribution in [1.29, 1.82) is 0 Å². The molecule has 1 aromatic rings. The number of hydrogen-bond acceptors (Lipinski definition) is 3. The number of hydrogen-bond donors (Lipinski definition) is 2. The number of rotatable bonds is 7. The number of benzene rings is 1. The van der Waals surface area contributed by atoms with E-state index in [0.717, 1.165) is 12.7 Å². The number of carbonyl (C=O) groups excluding carboxylic acids is 1. The Bertz CT molecular complexity index is 595. The van der Waals surface area contributed by atoms with Crippen LogP contribution in [0.5, 0.6) is 0 Å². The standard InChI is InChI=1S/C15H24N2O3S/c1-12-7-5-6-8-13(12)11-15(2,3)17-14(18)9-10-16-21(4,19)20/h5-8,16H,9-11H2,1-4H3,(H,17,18). The van der Waals surface area contributed by atoms with Gasteiger partial charge in [0.05, 0.1) is 6.26 Å². The summed E-state index contributed by atoms with van der Waals surface area (Å²) < 4.78 is 24.2. The monoisotopic (exact) mass is 312 g/mol. The third kappa shape index (κ3) is 7.24. The van der Waals surface area contributed by atoms with Gasteiger partial charge in [0, 0.05) is 18.5 Å². The van der Waals surface area contributed by atoms with Gasteiger partial charge in [-0.15, -0.1) is 0 Å². The summed E-state index contributed by atoms with van der Waals surface area (Å²) in [6, 6.07) is 8.06. The summed E-state index contributed by atoms with van der Waals surface area (Å²) in [6.07, 6.45) is 1.93. The van der Waals surface area contributed by atoms with Crippen LogP contribution in [0, 0.1) is 6.92 Å². The summed E-state index contributed by atoms with van der Waals surface area (Å²) in [6.45, 7) is 6.08. The smallest absolute Gasteiger partial charge is 0.221 e. The van der Waals surface area contributed by atoms with E-state index in [9.17, 15) is 13.2 Å². The summed E-state index contributed by atoms with van der Waals surface area (Å²) in [4.78, 5) is 11.9. The quantitative estimate of drug-likeness (QED) is 0.798. The van der Waals surface area contributed by atoms with Gasteiger partial charge in [0.1, 0.15) is 0 Å². The van der Waals surface area contributed by atoms with Crippen molar-refractivity contribution in [2.24, 2.45) is 0 Å². The summed E-state index contributed by atoms with van der Waals surface area (Å²) in [5, 5.41) is 2.94. The number of sulfonamides is 1. The minimum atomic E-state index is -3.25. The van der Waals surface area contributed by atoms with Gasteiger partial charge in [0.2, 0.25) is 15.9 Å². The van der Waals surface area contributed by atoms with Crippen molar-refractivity contribution in [3.63, 3.8) is 0 Å². The lowest BCUT2D eigenvalue weighted by atomic mass is 9.92. The molecule has 0 saturated carbocycles. The van der Waals surface area contributed by atoms with E-state index in [2.05, 4.69) is 16.1 Å². The molecule has 0 unspecified atom stereocenters. The fourth-order valence-electron chi connectivity index (χ4n) is 2.12. The number of aryl methyl sites for hydroxylation is 1. The number of nitrogens with one attached hydrogen (secondary N) is 2. The molecule has 0 aliphatic heterocycles. The lowest BCUT2D eigenvalue weighted by Crippen LogP contribution is -2.46. The van der Waals surface area contributed by atoms with E-state index in [1.165, 1.54) is 11.1 Å². The second kappa shape index (κ2) is 7.04. The Hall–Kier alpha value is -1.40. The van der Waals surface area contributed by atoms with Crippen LogP contribution in [0.1, 0.15) is 31.4 Å². The first-order valence-electron chi connectivity index (χ1n) is 6.89. The summed E-state index contributed by atoms with van der Waals surface area (Å²) in [5.41, 5.74) is 2.00. The van der Waals surface area contributed by atoms with Gasteiger partial charge in [-0.3, -0.25) is 4.79 Å². The van der Waals surface area contributed by atoms with E-state index in [1.807, 2.05) is 39.0 Å². The summed E-state index contributed by atoms with van der Waals surface area (Å²) >= 11 is 0. The SMILES string of the molecule is Cc1ccccc1CC(C)(C)NC(=O)CCNS(C)(=O)=O. The molecule has 1 amide bonds. The Balaban J connectivity index is 2.52. The molecule has 1 aromatic carbocycles. The van der Waals surface area contributed by atoms with Crippen LogP contribution in [-0.4, -0.2) is 32.7 Å². The second-order valence-corrected chi connectivity index (χ2v) is 7.78. The first-order chi connectivity index (χ1) is 9.59. The zero-order valence-corrected chi connectivity index (χ0v) is 13.9. The first-order valence-corrected chi connectivity index (χ1v) is 8.78. The number of carbonyl (C=O) groups is 1.